The third-order valence-corrected chi connectivity index (χ3v) is 4.04. The van der Waals surface area contributed by atoms with Crippen LogP contribution in [0.5, 0.6) is 0 Å². The zero-order chi connectivity index (χ0) is 16.9. The standard InChI is InChI=1S/C19H20N2O3/c1-14-13-24-11-10-21(14)19(23)20-17-9-5-8-16(12-17)18(22)15-6-3-2-4-7-15/h2-9,12,14H,10-11,13H2,1H3,(H,20,23). The van der Waals surface area contributed by atoms with E-state index < -0.39 is 0 Å². The molecule has 1 fully saturated rings. The number of urea groups is 1. The van der Waals surface area contributed by atoms with Gasteiger partial charge in [0, 0.05) is 23.4 Å². The molecule has 0 aromatic heterocycles. The molecule has 1 unspecified atom stereocenters. The number of nitrogens with zero attached hydrogens (tertiary/aromatic N) is 1. The molecule has 124 valence electrons. The highest BCUT2D eigenvalue weighted by Crippen LogP contribution is 2.16. The summed E-state index contributed by atoms with van der Waals surface area (Å²) in [5.74, 6) is -0.0635. The highest BCUT2D eigenvalue weighted by molar-refractivity contribution is 6.09. The fourth-order valence-corrected chi connectivity index (χ4v) is 2.72. The first-order valence-electron chi connectivity index (χ1n) is 8.00. The minimum Gasteiger partial charge on any atom is -0.377 e. The van der Waals surface area contributed by atoms with E-state index in [-0.39, 0.29) is 17.9 Å². The van der Waals surface area contributed by atoms with Crippen molar-refractivity contribution in [3.8, 4) is 0 Å². The molecular weight excluding hydrogens is 304 g/mol. The van der Waals surface area contributed by atoms with Gasteiger partial charge >= 0.3 is 6.03 Å². The summed E-state index contributed by atoms with van der Waals surface area (Å²) in [6.07, 6.45) is 0. The van der Waals surface area contributed by atoms with Gasteiger partial charge in [0.2, 0.25) is 0 Å². The van der Waals surface area contributed by atoms with E-state index >= 15 is 0 Å². The normalized spacial score (nSPS) is 17.4. The second-order valence-corrected chi connectivity index (χ2v) is 5.82. The van der Waals surface area contributed by atoms with Gasteiger partial charge in [0.25, 0.3) is 0 Å². The van der Waals surface area contributed by atoms with Crippen molar-refractivity contribution in [2.24, 2.45) is 0 Å². The van der Waals surface area contributed by atoms with Gasteiger partial charge in [0.1, 0.15) is 0 Å². The van der Waals surface area contributed by atoms with E-state index in [1.54, 1.807) is 41.3 Å². The first-order chi connectivity index (χ1) is 11.6. The number of nitrogens with one attached hydrogen (secondary N) is 1. The SMILES string of the molecule is CC1COCCN1C(=O)Nc1cccc(C(=O)c2ccccc2)c1. The molecule has 2 aromatic rings. The third kappa shape index (κ3) is 3.63. The average Bonchev–Trinajstić information content (AvgIpc) is 2.62. The summed E-state index contributed by atoms with van der Waals surface area (Å²) in [7, 11) is 0. The van der Waals surface area contributed by atoms with E-state index in [9.17, 15) is 9.59 Å². The van der Waals surface area contributed by atoms with Crippen molar-refractivity contribution in [3.05, 3.63) is 65.7 Å². The molecule has 5 heteroatoms. The summed E-state index contributed by atoms with van der Waals surface area (Å²) in [5.41, 5.74) is 1.79. The number of morpholine rings is 1. The Morgan fingerprint density at radius 3 is 2.58 bits per heavy atom. The fourth-order valence-electron chi connectivity index (χ4n) is 2.72. The zero-order valence-electron chi connectivity index (χ0n) is 13.6. The largest absolute Gasteiger partial charge is 0.377 e. The van der Waals surface area contributed by atoms with Crippen molar-refractivity contribution in [1.29, 1.82) is 0 Å². The lowest BCUT2D eigenvalue weighted by molar-refractivity contribution is 0.0222. The van der Waals surface area contributed by atoms with E-state index in [1.807, 2.05) is 25.1 Å². The number of hydrogen-bond acceptors (Lipinski definition) is 3. The Labute approximate surface area is 141 Å². The van der Waals surface area contributed by atoms with E-state index in [4.69, 9.17) is 4.74 Å². The minimum atomic E-state index is -0.171. The van der Waals surface area contributed by atoms with Crippen molar-refractivity contribution in [2.45, 2.75) is 13.0 Å². The Morgan fingerprint density at radius 2 is 1.83 bits per heavy atom. The number of ketones is 1. The summed E-state index contributed by atoms with van der Waals surface area (Å²) in [4.78, 5) is 26.6. The predicted molar refractivity (Wildman–Crippen MR) is 92.3 cm³/mol. The number of ether oxygens (including phenoxy) is 1. The average molecular weight is 324 g/mol. The molecule has 2 aromatic carbocycles. The second kappa shape index (κ2) is 7.27. The molecule has 1 atom stereocenters. The Morgan fingerprint density at radius 1 is 1.08 bits per heavy atom. The summed E-state index contributed by atoms with van der Waals surface area (Å²) in [6.45, 7) is 3.61. The van der Waals surface area contributed by atoms with Crippen LogP contribution in [0.4, 0.5) is 10.5 Å². The van der Waals surface area contributed by atoms with Crippen LogP contribution < -0.4 is 5.32 Å². The molecule has 0 bridgehead atoms. The van der Waals surface area contributed by atoms with Gasteiger partial charge in [-0.3, -0.25) is 4.79 Å². The number of rotatable bonds is 3. The summed E-state index contributed by atoms with van der Waals surface area (Å²) >= 11 is 0. The van der Waals surface area contributed by atoms with Gasteiger partial charge in [0.05, 0.1) is 19.3 Å². The quantitative estimate of drug-likeness (QED) is 0.882. The molecule has 5 nitrogen and oxygen atoms in total. The van der Waals surface area contributed by atoms with E-state index in [2.05, 4.69) is 5.32 Å². The maximum absolute atomic E-state index is 12.5. The van der Waals surface area contributed by atoms with Crippen LogP contribution in [0.15, 0.2) is 54.6 Å². The van der Waals surface area contributed by atoms with Gasteiger partial charge in [-0.05, 0) is 19.1 Å². The van der Waals surface area contributed by atoms with Crippen LogP contribution in [-0.4, -0.2) is 42.5 Å². The molecule has 0 saturated carbocycles. The predicted octanol–water partition coefficient (Wildman–Crippen LogP) is 3.17. The van der Waals surface area contributed by atoms with E-state index in [1.165, 1.54) is 0 Å². The molecule has 0 spiro atoms. The number of amides is 2. The Hall–Kier alpha value is -2.66. The van der Waals surface area contributed by atoms with Crippen LogP contribution >= 0.6 is 0 Å². The Bertz CT molecular complexity index is 730. The monoisotopic (exact) mass is 324 g/mol. The van der Waals surface area contributed by atoms with Crippen molar-refractivity contribution in [3.63, 3.8) is 0 Å². The Kier molecular flexibility index (Phi) is 4.91. The van der Waals surface area contributed by atoms with Crippen molar-refractivity contribution >= 4 is 17.5 Å². The molecule has 24 heavy (non-hydrogen) atoms. The van der Waals surface area contributed by atoms with Gasteiger partial charge in [-0.2, -0.15) is 0 Å². The van der Waals surface area contributed by atoms with E-state index in [0.29, 0.717) is 36.6 Å². The number of carbonyl (C=O) groups is 2. The van der Waals surface area contributed by atoms with Gasteiger partial charge in [-0.25, -0.2) is 4.79 Å². The second-order valence-electron chi connectivity index (χ2n) is 5.82. The van der Waals surface area contributed by atoms with Crippen molar-refractivity contribution in [2.75, 3.05) is 25.1 Å². The highest BCUT2D eigenvalue weighted by atomic mass is 16.5. The highest BCUT2D eigenvalue weighted by Gasteiger charge is 2.23. The molecule has 2 amide bonds. The molecule has 0 aliphatic carbocycles. The van der Waals surface area contributed by atoms with E-state index in [0.717, 1.165) is 0 Å². The Balaban J connectivity index is 1.73. The van der Waals surface area contributed by atoms with Gasteiger partial charge in [-0.15, -0.1) is 0 Å². The number of hydrogen-bond donors (Lipinski definition) is 1. The van der Waals surface area contributed by atoms with Gasteiger partial charge in [0.15, 0.2) is 5.78 Å². The van der Waals surface area contributed by atoms with Crippen LogP contribution in [0.2, 0.25) is 0 Å². The molecule has 1 saturated heterocycles. The first kappa shape index (κ1) is 16.2. The van der Waals surface area contributed by atoms with Crippen LogP contribution in [0, 0.1) is 0 Å². The summed E-state index contributed by atoms with van der Waals surface area (Å²) in [6, 6.07) is 16.0. The number of carbonyl (C=O) groups excluding carboxylic acids is 2. The van der Waals surface area contributed by atoms with Crippen LogP contribution in [0.1, 0.15) is 22.8 Å². The summed E-state index contributed by atoms with van der Waals surface area (Å²) < 4.78 is 5.35. The fraction of sp³-hybridized carbons (Fsp3) is 0.263. The molecular formula is C19H20N2O3. The summed E-state index contributed by atoms with van der Waals surface area (Å²) in [5, 5.41) is 2.87. The molecule has 1 aliphatic rings. The molecule has 3 rings (SSSR count). The smallest absolute Gasteiger partial charge is 0.322 e. The van der Waals surface area contributed by atoms with Crippen LogP contribution in [0.25, 0.3) is 0 Å². The molecule has 1 aliphatic heterocycles. The maximum Gasteiger partial charge on any atom is 0.322 e. The first-order valence-corrected chi connectivity index (χ1v) is 8.00. The van der Waals surface area contributed by atoms with Gasteiger partial charge in [-0.1, -0.05) is 42.5 Å². The minimum absolute atomic E-state index is 0.0351. The lowest BCUT2D eigenvalue weighted by atomic mass is 10.0. The van der Waals surface area contributed by atoms with Crippen molar-refractivity contribution in [1.82, 2.24) is 4.90 Å². The van der Waals surface area contributed by atoms with Crippen LogP contribution in [-0.2, 0) is 4.74 Å². The van der Waals surface area contributed by atoms with Crippen molar-refractivity contribution < 1.29 is 14.3 Å². The topological polar surface area (TPSA) is 58.6 Å². The number of anilines is 1. The molecule has 0 radical (unpaired) electrons. The molecule has 1 N–H and O–H groups in total. The lowest BCUT2D eigenvalue weighted by Gasteiger charge is -2.33. The zero-order valence-corrected chi connectivity index (χ0v) is 13.6. The van der Waals surface area contributed by atoms with Crippen LogP contribution in [0.3, 0.4) is 0 Å². The van der Waals surface area contributed by atoms with Gasteiger partial charge < -0.3 is 15.0 Å². The lowest BCUT2D eigenvalue weighted by Crippen LogP contribution is -2.48. The maximum atomic E-state index is 12.5. The molecule has 1 heterocycles. The number of benzene rings is 2. The third-order valence-electron chi connectivity index (χ3n) is 4.04.